The second kappa shape index (κ2) is 19.7. The van der Waals surface area contributed by atoms with Crippen LogP contribution < -0.4 is 31.3 Å². The lowest BCUT2D eigenvalue weighted by atomic mass is 9.92. The average Bonchev–Trinajstić information content (AvgIpc) is 3.23. The normalized spacial score (nSPS) is 11.4. The smallest absolute Gasteiger partial charge is 0.338 e. The number of benzene rings is 6. The summed E-state index contributed by atoms with van der Waals surface area (Å²) in [6.07, 6.45) is 2.50. The Morgan fingerprint density at radius 3 is 2.05 bits per heavy atom. The maximum Gasteiger partial charge on any atom is 0.338 e. The van der Waals surface area contributed by atoms with Gasteiger partial charge in [-0.3, -0.25) is 30.8 Å². The SMILES string of the molecule is C=CCOc1ccc2ccccc2c1-c1c(OCC(=O)C[C@H](CCC[NH+]=C(N)N)C(=O)Nc2cccc(C(=O)COCc3ccccc3)c2)ccc2ccccc12. The fourth-order valence-corrected chi connectivity index (χ4v) is 6.74. The van der Waals surface area contributed by atoms with Crippen molar-refractivity contribution in [2.75, 3.05) is 31.7 Å². The van der Waals surface area contributed by atoms with Crippen LogP contribution in [-0.2, 0) is 20.9 Å². The van der Waals surface area contributed by atoms with Gasteiger partial charge in [-0.1, -0.05) is 116 Å². The summed E-state index contributed by atoms with van der Waals surface area (Å²) in [5.41, 5.74) is 14.6. The van der Waals surface area contributed by atoms with E-state index in [1.165, 1.54) is 0 Å². The van der Waals surface area contributed by atoms with E-state index in [4.69, 9.17) is 25.7 Å². The molecule has 0 aliphatic carbocycles. The number of carbonyl (C=O) groups is 3. The predicted molar refractivity (Wildman–Crippen MR) is 225 cm³/mol. The van der Waals surface area contributed by atoms with Crippen molar-refractivity contribution >= 4 is 50.7 Å². The van der Waals surface area contributed by atoms with Gasteiger partial charge in [0.2, 0.25) is 5.91 Å². The predicted octanol–water partition coefficient (Wildman–Crippen LogP) is 6.35. The molecular formula is C47H47N4O6+. The summed E-state index contributed by atoms with van der Waals surface area (Å²) in [6, 6.07) is 40.1. The second-order valence-electron chi connectivity index (χ2n) is 13.6. The summed E-state index contributed by atoms with van der Waals surface area (Å²) in [6.45, 7) is 4.49. The van der Waals surface area contributed by atoms with Gasteiger partial charge in [-0.05, 0) is 64.2 Å². The number of guanidine groups is 1. The van der Waals surface area contributed by atoms with Gasteiger partial charge in [0.05, 0.1) is 13.2 Å². The molecule has 1 amide bonds. The van der Waals surface area contributed by atoms with Crippen LogP contribution in [0.1, 0.15) is 35.2 Å². The first-order valence-corrected chi connectivity index (χ1v) is 18.9. The van der Waals surface area contributed by atoms with Crippen LogP contribution in [0.25, 0.3) is 32.7 Å². The Labute approximate surface area is 332 Å². The van der Waals surface area contributed by atoms with Crippen molar-refractivity contribution in [1.29, 1.82) is 0 Å². The number of fused-ring (bicyclic) bond motifs is 2. The van der Waals surface area contributed by atoms with Crippen molar-refractivity contribution in [3.05, 3.63) is 151 Å². The van der Waals surface area contributed by atoms with Gasteiger partial charge in [0.25, 0.3) is 0 Å². The second-order valence-corrected chi connectivity index (χ2v) is 13.6. The Hall–Kier alpha value is -6.78. The molecule has 0 spiro atoms. The molecule has 10 heteroatoms. The highest BCUT2D eigenvalue weighted by Crippen LogP contribution is 2.45. The van der Waals surface area contributed by atoms with Crippen molar-refractivity contribution in [1.82, 2.24) is 0 Å². The zero-order valence-corrected chi connectivity index (χ0v) is 31.7. The molecule has 10 nitrogen and oxygen atoms in total. The molecule has 0 bridgehead atoms. The third-order valence-corrected chi connectivity index (χ3v) is 9.48. The molecule has 0 radical (unpaired) electrons. The number of rotatable bonds is 20. The van der Waals surface area contributed by atoms with Gasteiger partial charge in [-0.25, -0.2) is 0 Å². The minimum atomic E-state index is -0.705. The van der Waals surface area contributed by atoms with Crippen LogP contribution in [0.5, 0.6) is 11.5 Å². The standard InChI is InChI=1S/C47H46N4O6/c1-2-26-56-42-23-21-33-14-6-8-19-39(33)44(42)45-40-20-9-7-15-34(40)22-24-43(45)57-30-38(52)28-36(17-11-25-50-47(48)49)46(54)51-37-18-10-16-35(27-37)41(53)31-55-29-32-12-4-3-5-13-32/h2-10,12-16,18-24,27,36H,1,11,17,25-26,28-31H2,(H,51,54)(H4,48,49,50)/p+1/t36-/m0/s1. The molecule has 0 aliphatic heterocycles. The van der Waals surface area contributed by atoms with Crippen LogP contribution in [0.15, 0.2) is 140 Å². The van der Waals surface area contributed by atoms with Crippen molar-refractivity contribution in [3.63, 3.8) is 0 Å². The van der Waals surface area contributed by atoms with E-state index in [2.05, 4.69) is 16.9 Å². The Bertz CT molecular complexity index is 2390. The highest BCUT2D eigenvalue weighted by molar-refractivity contribution is 6.10. The molecule has 6 N–H and O–H groups in total. The highest BCUT2D eigenvalue weighted by Gasteiger charge is 2.24. The molecule has 290 valence electrons. The largest absolute Gasteiger partial charge is 0.489 e. The third-order valence-electron chi connectivity index (χ3n) is 9.48. The molecule has 0 heterocycles. The summed E-state index contributed by atoms with van der Waals surface area (Å²) < 4.78 is 18.2. The number of amides is 1. The van der Waals surface area contributed by atoms with Crippen molar-refractivity contribution in [2.24, 2.45) is 17.4 Å². The van der Waals surface area contributed by atoms with Gasteiger partial charge in [-0.15, -0.1) is 0 Å². The van der Waals surface area contributed by atoms with Crippen molar-refractivity contribution in [2.45, 2.75) is 25.9 Å². The molecule has 0 aliphatic rings. The number of ether oxygens (including phenoxy) is 3. The zero-order valence-electron chi connectivity index (χ0n) is 31.7. The van der Waals surface area contributed by atoms with E-state index >= 15 is 0 Å². The number of carbonyl (C=O) groups excluding carboxylic acids is 3. The third kappa shape index (κ3) is 10.7. The Kier molecular flexibility index (Phi) is 13.8. The van der Waals surface area contributed by atoms with E-state index in [-0.39, 0.29) is 43.1 Å². The molecule has 0 saturated carbocycles. The lowest BCUT2D eigenvalue weighted by molar-refractivity contribution is -0.459. The van der Waals surface area contributed by atoms with Crippen LogP contribution in [0.3, 0.4) is 0 Å². The number of nitrogens with one attached hydrogen (secondary N) is 2. The Morgan fingerprint density at radius 1 is 0.737 bits per heavy atom. The number of ketones is 2. The van der Waals surface area contributed by atoms with Gasteiger partial charge < -0.3 is 19.5 Å². The number of hydrogen-bond acceptors (Lipinski definition) is 6. The van der Waals surface area contributed by atoms with E-state index in [9.17, 15) is 14.4 Å². The summed E-state index contributed by atoms with van der Waals surface area (Å²) in [5, 5.41) is 6.85. The molecule has 0 aromatic heterocycles. The first-order chi connectivity index (χ1) is 27.8. The molecule has 57 heavy (non-hydrogen) atoms. The average molecular weight is 764 g/mol. The van der Waals surface area contributed by atoms with Crippen LogP contribution in [0.2, 0.25) is 0 Å². The van der Waals surface area contributed by atoms with E-state index in [1.54, 1.807) is 30.3 Å². The van der Waals surface area contributed by atoms with Crippen LogP contribution in [0.4, 0.5) is 5.69 Å². The van der Waals surface area contributed by atoms with Crippen LogP contribution >= 0.6 is 0 Å². The zero-order chi connectivity index (χ0) is 40.0. The van der Waals surface area contributed by atoms with Gasteiger partial charge >= 0.3 is 5.96 Å². The fraction of sp³-hybridized carbons (Fsp3) is 0.191. The van der Waals surface area contributed by atoms with Gasteiger partial charge in [-0.2, -0.15) is 0 Å². The molecular weight excluding hydrogens is 717 g/mol. The molecule has 1 atom stereocenters. The summed E-state index contributed by atoms with van der Waals surface area (Å²) in [7, 11) is 0. The van der Waals surface area contributed by atoms with E-state index in [0.29, 0.717) is 55.4 Å². The minimum Gasteiger partial charge on any atom is -0.489 e. The molecule has 6 rings (SSSR count). The Morgan fingerprint density at radius 2 is 1.39 bits per heavy atom. The maximum atomic E-state index is 13.8. The minimum absolute atomic E-state index is 0.0742. The van der Waals surface area contributed by atoms with Crippen LogP contribution in [-0.4, -0.2) is 49.8 Å². The van der Waals surface area contributed by atoms with Gasteiger partial charge in [0.15, 0.2) is 11.6 Å². The summed E-state index contributed by atoms with van der Waals surface area (Å²) >= 11 is 0. The van der Waals surface area contributed by atoms with Crippen molar-refractivity contribution < 1.29 is 33.6 Å². The first kappa shape index (κ1) is 39.9. The number of anilines is 1. The first-order valence-electron chi connectivity index (χ1n) is 18.9. The lowest BCUT2D eigenvalue weighted by Gasteiger charge is -2.20. The highest BCUT2D eigenvalue weighted by atomic mass is 16.5. The van der Waals surface area contributed by atoms with E-state index in [1.807, 2.05) is 103 Å². The molecule has 0 saturated heterocycles. The molecule has 6 aromatic carbocycles. The van der Waals surface area contributed by atoms with Gasteiger partial charge in [0, 0.05) is 34.7 Å². The lowest BCUT2D eigenvalue weighted by Crippen LogP contribution is -2.78. The monoisotopic (exact) mass is 763 g/mol. The van der Waals surface area contributed by atoms with Crippen LogP contribution in [0, 0.1) is 5.92 Å². The maximum absolute atomic E-state index is 13.8. The summed E-state index contributed by atoms with van der Waals surface area (Å²) in [5.74, 6) is -0.295. The van der Waals surface area contributed by atoms with E-state index in [0.717, 1.165) is 38.2 Å². The molecule has 0 fully saturated rings. The number of nitrogens with two attached hydrogens (primary N) is 2. The van der Waals surface area contributed by atoms with E-state index < -0.39 is 5.92 Å². The fourth-order valence-electron chi connectivity index (χ4n) is 6.74. The molecule has 6 aromatic rings. The molecule has 0 unspecified atom stereocenters. The van der Waals surface area contributed by atoms with Gasteiger partial charge in [0.1, 0.15) is 31.3 Å². The number of hydrogen-bond donors (Lipinski definition) is 4. The topological polar surface area (TPSA) is 157 Å². The number of Topliss-reactive ketones (excluding diaryl/α,β-unsaturated/α-hetero) is 2. The quantitative estimate of drug-likeness (QED) is 0.0231. The Balaban J connectivity index is 1.19. The van der Waals surface area contributed by atoms with Crippen molar-refractivity contribution in [3.8, 4) is 22.6 Å². The summed E-state index contributed by atoms with van der Waals surface area (Å²) in [4.78, 5) is 43.3.